The number of carbonyl (C=O) groups is 2. The molecular formula is C21H24N2O3S. The lowest BCUT2D eigenvalue weighted by molar-refractivity contribution is -0.124. The van der Waals surface area contributed by atoms with Crippen molar-refractivity contribution in [3.05, 3.63) is 59.7 Å². The first-order valence-corrected chi connectivity index (χ1v) is 10.2. The van der Waals surface area contributed by atoms with Gasteiger partial charge in [-0.05, 0) is 49.6 Å². The van der Waals surface area contributed by atoms with Crippen LogP contribution >= 0.6 is 11.8 Å². The summed E-state index contributed by atoms with van der Waals surface area (Å²) in [5, 5.41) is 5.72. The summed E-state index contributed by atoms with van der Waals surface area (Å²) in [7, 11) is 0. The highest BCUT2D eigenvalue weighted by atomic mass is 32.2. The lowest BCUT2D eigenvalue weighted by Crippen LogP contribution is -2.26. The molecule has 1 saturated heterocycles. The van der Waals surface area contributed by atoms with Crippen LogP contribution in [0.2, 0.25) is 0 Å². The third-order valence-corrected chi connectivity index (χ3v) is 5.28. The molecule has 27 heavy (non-hydrogen) atoms. The zero-order valence-corrected chi connectivity index (χ0v) is 16.2. The predicted octanol–water partition coefficient (Wildman–Crippen LogP) is 3.98. The number of ether oxygens (including phenoxy) is 1. The van der Waals surface area contributed by atoms with Crippen LogP contribution in [0, 0.1) is 6.92 Å². The second kappa shape index (κ2) is 9.58. The second-order valence-corrected chi connectivity index (χ2v) is 7.58. The Morgan fingerprint density at radius 2 is 1.70 bits per heavy atom. The summed E-state index contributed by atoms with van der Waals surface area (Å²) in [6.07, 6.45) is 1.33. The summed E-state index contributed by atoms with van der Waals surface area (Å²) in [5.41, 5.74) is 3.86. The number of nitrogens with one attached hydrogen (secondary N) is 2. The quantitative estimate of drug-likeness (QED) is 0.758. The fraction of sp³-hybridized carbons (Fsp3) is 0.333. The van der Waals surface area contributed by atoms with Gasteiger partial charge >= 0.3 is 0 Å². The van der Waals surface area contributed by atoms with Crippen molar-refractivity contribution in [2.75, 3.05) is 23.0 Å². The molecule has 1 heterocycles. The highest BCUT2D eigenvalue weighted by Crippen LogP contribution is 2.18. The molecule has 5 nitrogen and oxygen atoms in total. The van der Waals surface area contributed by atoms with Crippen molar-refractivity contribution in [2.24, 2.45) is 0 Å². The van der Waals surface area contributed by atoms with Crippen LogP contribution in [0.25, 0.3) is 0 Å². The van der Waals surface area contributed by atoms with E-state index >= 15 is 0 Å². The SMILES string of the molecule is Cc1ccc(CSCC(=O)Nc2ccc(NC(=O)C3CCCO3)cc2)cc1. The number of anilines is 2. The molecule has 1 aliphatic heterocycles. The first-order chi connectivity index (χ1) is 13.1. The van der Waals surface area contributed by atoms with Crippen molar-refractivity contribution in [1.29, 1.82) is 0 Å². The fourth-order valence-corrected chi connectivity index (χ4v) is 3.57. The van der Waals surface area contributed by atoms with Crippen LogP contribution < -0.4 is 10.6 Å². The first-order valence-electron chi connectivity index (χ1n) is 9.06. The monoisotopic (exact) mass is 384 g/mol. The van der Waals surface area contributed by atoms with Gasteiger partial charge in [-0.3, -0.25) is 9.59 Å². The molecule has 1 fully saturated rings. The molecule has 0 bridgehead atoms. The van der Waals surface area contributed by atoms with E-state index in [0.717, 1.165) is 18.6 Å². The Hall–Kier alpha value is -2.31. The van der Waals surface area contributed by atoms with Crippen LogP contribution in [0.4, 0.5) is 11.4 Å². The standard InChI is InChI=1S/C21H24N2O3S/c1-15-4-6-16(7-5-15)13-27-14-20(24)22-17-8-10-18(11-9-17)23-21(25)19-3-2-12-26-19/h4-11,19H,2-3,12-14H2,1H3,(H,22,24)(H,23,25). The van der Waals surface area contributed by atoms with Gasteiger partial charge in [0.1, 0.15) is 6.10 Å². The largest absolute Gasteiger partial charge is 0.368 e. The third kappa shape index (κ3) is 6.12. The van der Waals surface area contributed by atoms with Gasteiger partial charge in [0.15, 0.2) is 0 Å². The highest BCUT2D eigenvalue weighted by molar-refractivity contribution is 7.99. The molecule has 1 atom stereocenters. The van der Waals surface area contributed by atoms with Crippen LogP contribution in [0.5, 0.6) is 0 Å². The maximum Gasteiger partial charge on any atom is 0.253 e. The normalized spacial score (nSPS) is 16.1. The van der Waals surface area contributed by atoms with Crippen LogP contribution in [0.15, 0.2) is 48.5 Å². The van der Waals surface area contributed by atoms with Crippen molar-refractivity contribution in [3.8, 4) is 0 Å². The van der Waals surface area contributed by atoms with Gasteiger partial charge in [-0.2, -0.15) is 0 Å². The number of benzene rings is 2. The lowest BCUT2D eigenvalue weighted by atomic mass is 10.2. The van der Waals surface area contributed by atoms with E-state index in [1.54, 1.807) is 36.0 Å². The van der Waals surface area contributed by atoms with E-state index in [0.29, 0.717) is 23.7 Å². The predicted molar refractivity (Wildman–Crippen MR) is 110 cm³/mol. The summed E-state index contributed by atoms with van der Waals surface area (Å²) in [5.74, 6) is 1.05. The van der Waals surface area contributed by atoms with E-state index in [4.69, 9.17) is 4.74 Å². The zero-order chi connectivity index (χ0) is 19.1. The Balaban J connectivity index is 1.41. The van der Waals surface area contributed by atoms with Crippen molar-refractivity contribution in [2.45, 2.75) is 31.6 Å². The summed E-state index contributed by atoms with van der Waals surface area (Å²) >= 11 is 1.58. The molecule has 6 heteroatoms. The lowest BCUT2D eigenvalue weighted by Gasteiger charge is -2.11. The molecular weight excluding hydrogens is 360 g/mol. The van der Waals surface area contributed by atoms with Gasteiger partial charge in [-0.15, -0.1) is 11.8 Å². The number of amides is 2. The second-order valence-electron chi connectivity index (χ2n) is 6.59. The molecule has 0 spiro atoms. The van der Waals surface area contributed by atoms with Crippen molar-refractivity contribution in [3.63, 3.8) is 0 Å². The van der Waals surface area contributed by atoms with Crippen molar-refractivity contribution < 1.29 is 14.3 Å². The molecule has 0 radical (unpaired) electrons. The molecule has 0 aromatic heterocycles. The van der Waals surface area contributed by atoms with Gasteiger partial charge in [0, 0.05) is 23.7 Å². The van der Waals surface area contributed by atoms with Crippen LogP contribution in [-0.4, -0.2) is 30.3 Å². The van der Waals surface area contributed by atoms with Gasteiger partial charge in [0.25, 0.3) is 5.91 Å². The Kier molecular flexibility index (Phi) is 6.90. The minimum Gasteiger partial charge on any atom is -0.368 e. The van der Waals surface area contributed by atoms with Crippen LogP contribution in [0.1, 0.15) is 24.0 Å². The van der Waals surface area contributed by atoms with Crippen molar-refractivity contribution >= 4 is 35.0 Å². The molecule has 0 aliphatic carbocycles. The van der Waals surface area contributed by atoms with Gasteiger partial charge in [-0.1, -0.05) is 29.8 Å². The fourth-order valence-electron chi connectivity index (χ4n) is 2.79. The Labute approximate surface area is 163 Å². The molecule has 1 aliphatic rings. The highest BCUT2D eigenvalue weighted by Gasteiger charge is 2.23. The van der Waals surface area contributed by atoms with E-state index in [-0.39, 0.29) is 17.9 Å². The molecule has 0 saturated carbocycles. The Morgan fingerprint density at radius 1 is 1.04 bits per heavy atom. The molecule has 2 aromatic carbocycles. The van der Waals surface area contributed by atoms with Gasteiger partial charge < -0.3 is 15.4 Å². The average molecular weight is 385 g/mol. The molecule has 2 N–H and O–H groups in total. The molecule has 2 amide bonds. The van der Waals surface area contributed by atoms with Gasteiger partial charge in [0.2, 0.25) is 5.91 Å². The average Bonchev–Trinajstić information content (AvgIpc) is 3.20. The first kappa shape index (κ1) is 19.5. The zero-order valence-electron chi connectivity index (χ0n) is 15.4. The molecule has 1 unspecified atom stereocenters. The van der Waals surface area contributed by atoms with E-state index in [9.17, 15) is 9.59 Å². The minimum absolute atomic E-state index is 0.0387. The van der Waals surface area contributed by atoms with E-state index < -0.39 is 0 Å². The molecule has 3 rings (SSSR count). The number of rotatable bonds is 7. The number of hydrogen-bond donors (Lipinski definition) is 2. The van der Waals surface area contributed by atoms with E-state index in [1.165, 1.54) is 11.1 Å². The number of thioether (sulfide) groups is 1. The summed E-state index contributed by atoms with van der Waals surface area (Å²) < 4.78 is 5.37. The minimum atomic E-state index is -0.352. The van der Waals surface area contributed by atoms with E-state index in [2.05, 4.69) is 41.8 Å². The maximum atomic E-state index is 12.1. The smallest absolute Gasteiger partial charge is 0.253 e. The maximum absolute atomic E-state index is 12.1. The summed E-state index contributed by atoms with van der Waals surface area (Å²) in [4.78, 5) is 24.1. The molecule has 142 valence electrons. The van der Waals surface area contributed by atoms with Crippen LogP contribution in [-0.2, 0) is 20.1 Å². The van der Waals surface area contributed by atoms with Gasteiger partial charge in [0.05, 0.1) is 5.75 Å². The van der Waals surface area contributed by atoms with Crippen LogP contribution in [0.3, 0.4) is 0 Å². The van der Waals surface area contributed by atoms with Crippen molar-refractivity contribution in [1.82, 2.24) is 0 Å². The molecule has 2 aromatic rings. The number of carbonyl (C=O) groups excluding carboxylic acids is 2. The topological polar surface area (TPSA) is 67.4 Å². The van der Waals surface area contributed by atoms with E-state index in [1.807, 2.05) is 0 Å². The number of hydrogen-bond acceptors (Lipinski definition) is 4. The Bertz CT molecular complexity index is 769. The summed E-state index contributed by atoms with van der Waals surface area (Å²) in [6, 6.07) is 15.5. The summed E-state index contributed by atoms with van der Waals surface area (Å²) in [6.45, 7) is 2.70. The number of aryl methyl sites for hydroxylation is 1. The third-order valence-electron chi connectivity index (χ3n) is 4.28. The van der Waals surface area contributed by atoms with Gasteiger partial charge in [-0.25, -0.2) is 0 Å². The Morgan fingerprint density at radius 3 is 2.33 bits per heavy atom.